The quantitative estimate of drug-likeness (QED) is 0.155. The van der Waals surface area contributed by atoms with Crippen molar-refractivity contribution in [2.24, 2.45) is 17.2 Å². The number of aromatic nitrogens is 1. The summed E-state index contributed by atoms with van der Waals surface area (Å²) in [5.41, 5.74) is 30.0. The molecule has 11 rings (SSSR count). The summed E-state index contributed by atoms with van der Waals surface area (Å²) < 4.78 is 2.52. The summed E-state index contributed by atoms with van der Waals surface area (Å²) in [6.45, 7) is 0. The monoisotopic (exact) mass is 786 g/mol. The van der Waals surface area contributed by atoms with Gasteiger partial charge in [-0.25, -0.2) is 0 Å². The molecule has 0 amide bonds. The van der Waals surface area contributed by atoms with Crippen LogP contribution in [0.2, 0.25) is 0 Å². The van der Waals surface area contributed by atoms with Gasteiger partial charge in [-0.1, -0.05) is 164 Å². The van der Waals surface area contributed by atoms with Crippen molar-refractivity contribution in [3.8, 4) is 16.8 Å². The minimum atomic E-state index is -1.36. The molecule has 9 aromatic rings. The number of hydrogen-bond acceptors (Lipinski definition) is 3. The number of nitrogens with zero attached hydrogens (tertiary/aromatic N) is 1. The fourth-order valence-electron chi connectivity index (χ4n) is 10.0. The van der Waals surface area contributed by atoms with Crippen molar-refractivity contribution in [2.75, 3.05) is 26.6 Å². The van der Waals surface area contributed by atoms with Gasteiger partial charge in [-0.3, -0.25) is 0 Å². The Bertz CT molecular complexity index is 2930. The summed E-state index contributed by atoms with van der Waals surface area (Å²) in [5.74, 6) is 0. The summed E-state index contributed by atoms with van der Waals surface area (Å²) >= 11 is 0. The van der Waals surface area contributed by atoms with Crippen molar-refractivity contribution < 1.29 is 0 Å². The van der Waals surface area contributed by atoms with Crippen molar-refractivity contribution in [3.63, 3.8) is 0 Å². The summed E-state index contributed by atoms with van der Waals surface area (Å²) in [4.78, 5) is 2.90. The second-order valence-electron chi connectivity index (χ2n) is 15.5. The molecule has 0 fully saturated rings. The molecule has 2 aliphatic rings. The first-order valence-electron chi connectivity index (χ1n) is 20.2. The van der Waals surface area contributed by atoms with Gasteiger partial charge in [0.25, 0.3) is 0 Å². The highest BCUT2D eigenvalue weighted by Crippen LogP contribution is 2.70. The van der Waals surface area contributed by atoms with Crippen LogP contribution in [0.3, 0.4) is 0 Å². The highest BCUT2D eigenvalue weighted by molar-refractivity contribution is 8.32. The Hall–Kier alpha value is -6.21. The molecule has 0 aliphatic carbocycles. The van der Waals surface area contributed by atoms with Crippen LogP contribution in [0, 0.1) is 0 Å². The third-order valence-corrected chi connectivity index (χ3v) is 15.5. The lowest BCUT2D eigenvalue weighted by molar-refractivity contribution is 0.653. The van der Waals surface area contributed by atoms with E-state index in [4.69, 9.17) is 5.73 Å². The first-order chi connectivity index (χ1) is 28.9. The summed E-state index contributed by atoms with van der Waals surface area (Å²) in [7, 11) is 1.64. The van der Waals surface area contributed by atoms with Crippen molar-refractivity contribution in [3.05, 3.63) is 233 Å². The van der Waals surface area contributed by atoms with E-state index < -0.39 is 21.0 Å². The standard InChI is InChI=1S/C52H40N2S.2CH5N/c1-55(2)48-27-14-11-23-43(48)51(42-22-10-13-26-47(42)54-46-25-12-9-20-40(46)41-21-15-24-44(51)50(41)54)45-34-36(30-33-49(45)55)35-28-31-39(32-29-35)52(53,37-16-5-3-6-17-37)38-18-7-4-8-19-38;2*1-2/h3-34H,53H2,1-2H3;2*2H2,1H3. The molecule has 1 aromatic heterocycles. The molecular weight excluding hydrogens is 737 g/mol. The number of para-hydroxylation sites is 3. The van der Waals surface area contributed by atoms with Gasteiger partial charge in [0.15, 0.2) is 0 Å². The maximum Gasteiger partial charge on any atom is 0.0922 e. The average molecular weight is 787 g/mol. The smallest absolute Gasteiger partial charge is 0.0922 e. The normalized spacial score (nSPS) is 16.1. The minimum Gasteiger partial charge on any atom is -0.333 e. The Morgan fingerprint density at radius 2 is 0.949 bits per heavy atom. The predicted molar refractivity (Wildman–Crippen MR) is 251 cm³/mol. The Labute approximate surface area is 349 Å². The molecule has 0 saturated heterocycles. The van der Waals surface area contributed by atoms with Crippen LogP contribution < -0.4 is 17.2 Å². The molecule has 6 N–H and O–H groups in total. The molecule has 292 valence electrons. The third-order valence-electron chi connectivity index (χ3n) is 12.6. The number of benzene rings is 8. The lowest BCUT2D eigenvalue weighted by Crippen LogP contribution is -2.39. The Morgan fingerprint density at radius 1 is 0.441 bits per heavy atom. The molecule has 0 saturated carbocycles. The Kier molecular flexibility index (Phi) is 9.66. The van der Waals surface area contributed by atoms with Crippen LogP contribution in [0.4, 0.5) is 0 Å². The van der Waals surface area contributed by atoms with Crippen LogP contribution in [0.1, 0.15) is 38.9 Å². The fraction of sp³-hybridized carbons (Fsp3) is 0.111. The minimum absolute atomic E-state index is 0.516. The Morgan fingerprint density at radius 3 is 1.64 bits per heavy atom. The second kappa shape index (κ2) is 14.9. The van der Waals surface area contributed by atoms with E-state index in [1.165, 1.54) is 84.8 Å². The largest absolute Gasteiger partial charge is 0.333 e. The van der Waals surface area contributed by atoms with Crippen molar-refractivity contribution in [1.82, 2.24) is 4.57 Å². The van der Waals surface area contributed by atoms with E-state index in [2.05, 4.69) is 211 Å². The Balaban J connectivity index is 0.00000109. The first kappa shape index (κ1) is 38.3. The zero-order valence-electron chi connectivity index (χ0n) is 34.1. The van der Waals surface area contributed by atoms with Gasteiger partial charge in [0.1, 0.15) is 0 Å². The van der Waals surface area contributed by atoms with E-state index in [0.717, 1.165) is 16.7 Å². The molecular formula is C54H50N4S. The molecule has 59 heavy (non-hydrogen) atoms. The molecule has 1 atom stereocenters. The van der Waals surface area contributed by atoms with Gasteiger partial charge in [0.2, 0.25) is 0 Å². The second-order valence-corrected chi connectivity index (χ2v) is 19.0. The van der Waals surface area contributed by atoms with Gasteiger partial charge in [0.05, 0.1) is 27.7 Å². The SMILES string of the molecule is CN.CN.CS1(C)c2ccccc2C2(c3ccccc3-n3c4ccccc4c4cccc2c43)c2cc(-c3ccc(C(N)(c4ccccc4)c4ccccc4)cc3)ccc21. The van der Waals surface area contributed by atoms with Gasteiger partial charge < -0.3 is 21.8 Å². The van der Waals surface area contributed by atoms with Crippen molar-refractivity contribution in [2.45, 2.75) is 20.7 Å². The molecule has 8 aromatic carbocycles. The lowest BCUT2D eigenvalue weighted by atomic mass is 9.62. The van der Waals surface area contributed by atoms with Crippen LogP contribution in [0.5, 0.6) is 0 Å². The highest BCUT2D eigenvalue weighted by Gasteiger charge is 2.52. The molecule has 1 unspecified atom stereocenters. The van der Waals surface area contributed by atoms with E-state index in [0.29, 0.717) is 0 Å². The first-order valence-corrected chi connectivity index (χ1v) is 22.6. The predicted octanol–water partition coefficient (Wildman–Crippen LogP) is 11.3. The maximum atomic E-state index is 7.46. The molecule has 5 heteroatoms. The average Bonchev–Trinajstić information content (AvgIpc) is 3.66. The van der Waals surface area contributed by atoms with Crippen LogP contribution in [0.15, 0.2) is 204 Å². The van der Waals surface area contributed by atoms with E-state index in [1.807, 2.05) is 12.1 Å². The van der Waals surface area contributed by atoms with Gasteiger partial charge in [-0.15, -0.1) is 0 Å². The van der Waals surface area contributed by atoms with E-state index >= 15 is 0 Å². The van der Waals surface area contributed by atoms with Gasteiger partial charge in [-0.05, 0) is 117 Å². The fourth-order valence-corrected chi connectivity index (χ4v) is 12.6. The van der Waals surface area contributed by atoms with E-state index in [9.17, 15) is 0 Å². The summed E-state index contributed by atoms with van der Waals surface area (Å²) in [6.07, 6.45) is 4.96. The number of fused-ring (bicyclic) bond motifs is 11. The molecule has 1 spiro atoms. The molecule has 0 bridgehead atoms. The number of nitrogens with two attached hydrogens (primary N) is 3. The number of rotatable bonds is 4. The van der Waals surface area contributed by atoms with Crippen LogP contribution in [-0.2, 0) is 11.0 Å². The molecule has 4 nitrogen and oxygen atoms in total. The van der Waals surface area contributed by atoms with Crippen LogP contribution in [-0.4, -0.2) is 31.2 Å². The van der Waals surface area contributed by atoms with E-state index in [1.54, 1.807) is 0 Å². The van der Waals surface area contributed by atoms with Gasteiger partial charge >= 0.3 is 0 Å². The lowest BCUT2D eigenvalue weighted by Gasteiger charge is -2.52. The van der Waals surface area contributed by atoms with Crippen molar-refractivity contribution in [1.29, 1.82) is 0 Å². The zero-order valence-corrected chi connectivity index (χ0v) is 34.9. The summed E-state index contributed by atoms with van der Waals surface area (Å²) in [6, 6.07) is 71.5. The highest BCUT2D eigenvalue weighted by atomic mass is 32.3. The molecule has 0 radical (unpaired) electrons. The summed E-state index contributed by atoms with van der Waals surface area (Å²) in [5, 5.41) is 2.59. The third kappa shape index (κ3) is 5.43. The maximum absolute atomic E-state index is 7.46. The van der Waals surface area contributed by atoms with Gasteiger partial charge in [0, 0.05) is 10.8 Å². The number of hydrogen-bond donors (Lipinski definition) is 3. The van der Waals surface area contributed by atoms with E-state index in [-0.39, 0.29) is 0 Å². The molecule has 3 heterocycles. The van der Waals surface area contributed by atoms with Crippen LogP contribution >= 0.6 is 10.0 Å². The zero-order chi connectivity index (χ0) is 40.9. The molecule has 2 aliphatic heterocycles. The van der Waals surface area contributed by atoms with Crippen molar-refractivity contribution >= 4 is 31.8 Å². The van der Waals surface area contributed by atoms with Gasteiger partial charge in [-0.2, -0.15) is 10.0 Å². The van der Waals surface area contributed by atoms with Crippen LogP contribution in [0.25, 0.3) is 38.6 Å². The topological polar surface area (TPSA) is 83.0 Å².